The summed E-state index contributed by atoms with van der Waals surface area (Å²) in [6.45, 7) is 6.72. The average molecular weight is 352 g/mol. The van der Waals surface area contributed by atoms with Gasteiger partial charge in [0.1, 0.15) is 18.4 Å². The largest absolute Gasteiger partial charge is 0.445 e. The number of hydrogen-bond acceptors (Lipinski definition) is 4. The second-order valence-corrected chi connectivity index (χ2v) is 7.43. The molecule has 0 aromatic heterocycles. The number of alkyl carbamates (subject to hydrolysis) is 1. The van der Waals surface area contributed by atoms with E-state index in [9.17, 15) is 14.0 Å². The third-order valence-corrected chi connectivity index (χ3v) is 3.84. The number of nitrogens with zero attached hydrogens (tertiary/aromatic N) is 1. The fourth-order valence-corrected chi connectivity index (χ4v) is 2.56. The van der Waals surface area contributed by atoms with E-state index >= 15 is 0 Å². The van der Waals surface area contributed by atoms with Crippen molar-refractivity contribution in [1.29, 1.82) is 0 Å². The van der Waals surface area contributed by atoms with Crippen molar-refractivity contribution >= 4 is 12.2 Å². The van der Waals surface area contributed by atoms with Gasteiger partial charge in [0, 0.05) is 6.54 Å². The van der Waals surface area contributed by atoms with Crippen molar-refractivity contribution in [2.75, 3.05) is 13.1 Å². The molecule has 1 saturated heterocycles. The van der Waals surface area contributed by atoms with E-state index in [1.807, 2.05) is 30.3 Å². The lowest BCUT2D eigenvalue weighted by Crippen LogP contribution is -2.54. The van der Waals surface area contributed by atoms with Gasteiger partial charge >= 0.3 is 12.2 Å². The first-order valence-corrected chi connectivity index (χ1v) is 8.20. The lowest BCUT2D eigenvalue weighted by Gasteiger charge is -2.29. The maximum atomic E-state index is 14.4. The first-order valence-electron chi connectivity index (χ1n) is 8.20. The quantitative estimate of drug-likeness (QED) is 0.907. The van der Waals surface area contributed by atoms with Gasteiger partial charge in [0.2, 0.25) is 0 Å². The molecular formula is C18H25FN2O4. The van der Waals surface area contributed by atoms with Gasteiger partial charge in [-0.2, -0.15) is 0 Å². The van der Waals surface area contributed by atoms with Crippen LogP contribution in [0.15, 0.2) is 30.3 Å². The van der Waals surface area contributed by atoms with Gasteiger partial charge in [0.15, 0.2) is 0 Å². The summed E-state index contributed by atoms with van der Waals surface area (Å²) < 4.78 is 24.8. The van der Waals surface area contributed by atoms with Crippen LogP contribution in [-0.2, 0) is 16.1 Å². The number of carbonyl (C=O) groups excluding carboxylic acids is 2. The number of halogens is 1. The molecular weight excluding hydrogens is 327 g/mol. The van der Waals surface area contributed by atoms with E-state index in [-0.39, 0.29) is 19.7 Å². The minimum Gasteiger partial charge on any atom is -0.445 e. The van der Waals surface area contributed by atoms with Crippen LogP contribution in [0.1, 0.15) is 33.3 Å². The molecule has 1 unspecified atom stereocenters. The Balaban J connectivity index is 1.90. The molecule has 0 spiro atoms. The van der Waals surface area contributed by atoms with Crippen LogP contribution in [0.25, 0.3) is 0 Å². The molecule has 0 radical (unpaired) electrons. The summed E-state index contributed by atoms with van der Waals surface area (Å²) in [5.41, 5.74) is -1.05. The fraction of sp³-hybridized carbons (Fsp3) is 0.556. The first-order chi connectivity index (χ1) is 11.6. The van der Waals surface area contributed by atoms with E-state index < -0.39 is 29.5 Å². The molecule has 1 aliphatic rings. The highest BCUT2D eigenvalue weighted by atomic mass is 19.1. The van der Waals surface area contributed by atoms with Crippen LogP contribution in [0, 0.1) is 0 Å². The third-order valence-electron chi connectivity index (χ3n) is 3.84. The number of ether oxygens (including phenoxy) is 2. The van der Waals surface area contributed by atoms with E-state index in [0.29, 0.717) is 0 Å². The number of alkyl halides is 1. The van der Waals surface area contributed by atoms with E-state index in [1.54, 1.807) is 27.7 Å². The summed E-state index contributed by atoms with van der Waals surface area (Å²) in [7, 11) is 0. The minimum absolute atomic E-state index is 0.0149. The van der Waals surface area contributed by atoms with Crippen LogP contribution in [0.2, 0.25) is 0 Å². The minimum atomic E-state index is -1.41. The number of benzene rings is 1. The second kappa shape index (κ2) is 7.29. The van der Waals surface area contributed by atoms with Crippen LogP contribution < -0.4 is 5.32 Å². The summed E-state index contributed by atoms with van der Waals surface area (Å²) in [4.78, 5) is 25.3. The highest BCUT2D eigenvalue weighted by Gasteiger charge is 2.47. The zero-order valence-electron chi connectivity index (χ0n) is 15.0. The van der Waals surface area contributed by atoms with Gasteiger partial charge in [-0.05, 0) is 33.3 Å². The predicted octanol–water partition coefficient (Wildman–Crippen LogP) is 3.26. The molecule has 138 valence electrons. The van der Waals surface area contributed by atoms with Crippen molar-refractivity contribution in [2.45, 2.75) is 51.6 Å². The second-order valence-electron chi connectivity index (χ2n) is 7.43. The molecule has 2 atom stereocenters. The maximum absolute atomic E-state index is 14.4. The Bertz CT molecular complexity index is 617. The van der Waals surface area contributed by atoms with Crippen LogP contribution in [0.5, 0.6) is 0 Å². The first kappa shape index (κ1) is 19.0. The van der Waals surface area contributed by atoms with Crippen molar-refractivity contribution in [3.8, 4) is 0 Å². The van der Waals surface area contributed by atoms with Gasteiger partial charge in [-0.15, -0.1) is 0 Å². The maximum Gasteiger partial charge on any atom is 0.410 e. The van der Waals surface area contributed by atoms with Crippen molar-refractivity contribution in [1.82, 2.24) is 10.2 Å². The molecule has 1 fully saturated rings. The molecule has 2 rings (SSSR count). The normalized spacial score (nSPS) is 23.2. The number of carbonyl (C=O) groups is 2. The predicted molar refractivity (Wildman–Crippen MR) is 90.9 cm³/mol. The van der Waals surface area contributed by atoms with Crippen molar-refractivity contribution in [3.63, 3.8) is 0 Å². The molecule has 1 N–H and O–H groups in total. The molecule has 0 bridgehead atoms. The Labute approximate surface area is 147 Å². The van der Waals surface area contributed by atoms with E-state index in [0.717, 1.165) is 5.56 Å². The molecule has 1 heterocycles. The van der Waals surface area contributed by atoms with Crippen LogP contribution in [0.3, 0.4) is 0 Å². The topological polar surface area (TPSA) is 67.9 Å². The van der Waals surface area contributed by atoms with Gasteiger partial charge < -0.3 is 19.7 Å². The van der Waals surface area contributed by atoms with Gasteiger partial charge in [-0.1, -0.05) is 30.3 Å². The number of nitrogens with one attached hydrogen (secondary N) is 1. The van der Waals surface area contributed by atoms with Crippen molar-refractivity contribution in [2.24, 2.45) is 0 Å². The standard InChI is InChI=1S/C18H25FN2O4/c1-17(2,3)25-15(22)20-18(4)12-21(10-14(18)19)16(23)24-11-13-8-6-5-7-9-13/h5-9,14H,10-12H2,1-4H3,(H,20,22)/t14?,18-/m1/s1. The van der Waals surface area contributed by atoms with Crippen LogP contribution >= 0.6 is 0 Å². The molecule has 6 nitrogen and oxygen atoms in total. The smallest absolute Gasteiger partial charge is 0.410 e. The third kappa shape index (κ3) is 5.34. The zero-order chi connectivity index (χ0) is 18.7. The number of rotatable bonds is 3. The average Bonchev–Trinajstić information content (AvgIpc) is 2.79. The Hall–Kier alpha value is -2.31. The summed E-state index contributed by atoms with van der Waals surface area (Å²) in [6.07, 6.45) is -2.73. The van der Waals surface area contributed by atoms with Gasteiger partial charge in [0.25, 0.3) is 0 Å². The summed E-state index contributed by atoms with van der Waals surface area (Å²) >= 11 is 0. The van der Waals surface area contributed by atoms with E-state index in [1.165, 1.54) is 4.90 Å². The highest BCUT2D eigenvalue weighted by molar-refractivity contribution is 5.71. The molecule has 25 heavy (non-hydrogen) atoms. The van der Waals surface area contributed by atoms with E-state index in [4.69, 9.17) is 9.47 Å². The van der Waals surface area contributed by atoms with Crippen LogP contribution in [0.4, 0.5) is 14.0 Å². The SMILES string of the molecule is CC(C)(C)OC(=O)N[C@]1(C)CN(C(=O)OCc2ccccc2)CC1F. The molecule has 1 aromatic carbocycles. The Morgan fingerprint density at radius 3 is 2.56 bits per heavy atom. The molecule has 0 saturated carbocycles. The lowest BCUT2D eigenvalue weighted by molar-refractivity contribution is 0.0427. The van der Waals surface area contributed by atoms with Crippen molar-refractivity contribution in [3.05, 3.63) is 35.9 Å². The summed E-state index contributed by atoms with van der Waals surface area (Å²) in [5, 5.41) is 2.53. The molecule has 1 aromatic rings. The Kier molecular flexibility index (Phi) is 5.55. The molecule has 1 aliphatic heterocycles. The highest BCUT2D eigenvalue weighted by Crippen LogP contribution is 2.26. The van der Waals surface area contributed by atoms with Gasteiger partial charge in [-0.3, -0.25) is 0 Å². The monoisotopic (exact) mass is 352 g/mol. The Morgan fingerprint density at radius 1 is 1.32 bits per heavy atom. The number of amides is 2. The molecule has 0 aliphatic carbocycles. The summed E-state index contributed by atoms with van der Waals surface area (Å²) in [5.74, 6) is 0. The lowest BCUT2D eigenvalue weighted by atomic mass is 10.0. The van der Waals surface area contributed by atoms with Crippen molar-refractivity contribution < 1.29 is 23.5 Å². The van der Waals surface area contributed by atoms with Gasteiger partial charge in [-0.25, -0.2) is 14.0 Å². The number of likely N-dealkylation sites (tertiary alicyclic amines) is 1. The summed E-state index contributed by atoms with van der Waals surface area (Å²) in [6, 6.07) is 9.23. The van der Waals surface area contributed by atoms with Crippen LogP contribution in [-0.4, -0.2) is 47.5 Å². The Morgan fingerprint density at radius 2 is 1.96 bits per heavy atom. The zero-order valence-corrected chi connectivity index (χ0v) is 15.0. The molecule has 2 amide bonds. The van der Waals surface area contributed by atoms with E-state index in [2.05, 4.69) is 5.32 Å². The van der Waals surface area contributed by atoms with Gasteiger partial charge in [0.05, 0.1) is 12.1 Å². The number of hydrogen-bond donors (Lipinski definition) is 1. The molecule has 7 heteroatoms. The fourth-order valence-electron chi connectivity index (χ4n) is 2.56.